The molecule has 1 N–H and O–H groups in total. The second-order valence-corrected chi connectivity index (χ2v) is 7.09. The van der Waals surface area contributed by atoms with Gasteiger partial charge >= 0.3 is 18.3 Å². The van der Waals surface area contributed by atoms with E-state index in [-0.39, 0.29) is 24.6 Å². The average Bonchev–Trinajstić information content (AvgIpc) is 2.65. The predicted molar refractivity (Wildman–Crippen MR) is 97.6 cm³/mol. The van der Waals surface area contributed by atoms with Gasteiger partial charge in [0.25, 0.3) is 5.91 Å². The Morgan fingerprint density at radius 2 is 1.57 bits per heavy atom. The molecule has 1 amide bonds. The predicted octanol–water partition coefficient (Wildman–Crippen LogP) is 5.00. The molecule has 0 bridgehead atoms. The van der Waals surface area contributed by atoms with Crippen LogP contribution in [0.15, 0.2) is 46.9 Å². The number of hydrogen-bond acceptors (Lipinski definition) is 3. The molecule has 0 heterocycles. The first-order chi connectivity index (χ1) is 13.8. The summed E-state index contributed by atoms with van der Waals surface area (Å²) in [6, 6.07) is 5.77. The van der Waals surface area contributed by atoms with E-state index in [1.54, 1.807) is 24.3 Å². The monoisotopic (exact) mass is 497 g/mol. The highest BCUT2D eigenvalue weighted by Gasteiger charge is 2.37. The molecule has 0 aromatic heterocycles. The maximum Gasteiger partial charge on any atom is 0.416 e. The molecule has 2 rings (SSSR count). The summed E-state index contributed by atoms with van der Waals surface area (Å²) in [6.45, 7) is 0. The van der Waals surface area contributed by atoms with Crippen LogP contribution in [0.3, 0.4) is 0 Å². The van der Waals surface area contributed by atoms with Crippen molar-refractivity contribution >= 4 is 27.8 Å². The normalized spacial score (nSPS) is 12.9. The van der Waals surface area contributed by atoms with Gasteiger partial charge in [-0.05, 0) is 35.9 Å². The number of hydrogen-bond donors (Lipinski definition) is 1. The Morgan fingerprint density at radius 3 is 2.03 bits per heavy atom. The molecule has 0 aliphatic heterocycles. The minimum Gasteiger partial charge on any atom is -0.467 e. The Morgan fingerprint density at radius 1 is 1.00 bits per heavy atom. The largest absolute Gasteiger partial charge is 0.467 e. The first-order valence-electron chi connectivity index (χ1n) is 8.24. The lowest BCUT2D eigenvalue weighted by molar-refractivity contribution is -0.144. The third kappa shape index (κ3) is 6.22. The van der Waals surface area contributed by atoms with Gasteiger partial charge in [0.2, 0.25) is 0 Å². The topological polar surface area (TPSA) is 55.4 Å². The van der Waals surface area contributed by atoms with E-state index in [0.717, 1.165) is 7.11 Å². The van der Waals surface area contributed by atoms with Crippen LogP contribution < -0.4 is 5.32 Å². The lowest BCUT2D eigenvalue weighted by Gasteiger charge is -2.18. The zero-order valence-electron chi connectivity index (χ0n) is 15.2. The van der Waals surface area contributed by atoms with Gasteiger partial charge in [0, 0.05) is 16.5 Å². The number of carbonyl (C=O) groups excluding carboxylic acids is 2. The van der Waals surface area contributed by atoms with Crippen molar-refractivity contribution in [3.63, 3.8) is 0 Å². The summed E-state index contributed by atoms with van der Waals surface area (Å²) in [5.74, 6) is -2.19. The molecule has 0 aliphatic rings. The summed E-state index contributed by atoms with van der Waals surface area (Å²) in [6.07, 6.45) is -10.3. The van der Waals surface area contributed by atoms with Crippen LogP contribution in [0.2, 0.25) is 0 Å². The summed E-state index contributed by atoms with van der Waals surface area (Å²) in [5, 5.41) is 2.15. The van der Waals surface area contributed by atoms with Gasteiger partial charge < -0.3 is 10.1 Å². The standard InChI is InChI=1S/C19H14BrF6NO3/c1-30-17(29)15(6-10-3-2-4-14(20)5-10)27-16(28)11-7-12(18(21,22)23)9-13(8-11)19(24,25)26/h2-5,7-9,15H,6H2,1H3,(H,27,28)/t15-/m1/s1. The summed E-state index contributed by atoms with van der Waals surface area (Å²) >= 11 is 3.23. The number of ether oxygens (including phenoxy) is 1. The maximum absolute atomic E-state index is 13.0. The summed E-state index contributed by atoms with van der Waals surface area (Å²) in [5.41, 5.74) is -3.59. The minimum absolute atomic E-state index is 0.0872. The quantitative estimate of drug-likeness (QED) is 0.467. The molecule has 0 fully saturated rings. The van der Waals surface area contributed by atoms with E-state index in [9.17, 15) is 35.9 Å². The highest BCUT2D eigenvalue weighted by molar-refractivity contribution is 9.10. The van der Waals surface area contributed by atoms with Crippen LogP contribution in [-0.2, 0) is 28.3 Å². The van der Waals surface area contributed by atoms with Gasteiger partial charge in [-0.2, -0.15) is 26.3 Å². The van der Waals surface area contributed by atoms with Crippen molar-refractivity contribution in [2.24, 2.45) is 0 Å². The van der Waals surface area contributed by atoms with Crippen molar-refractivity contribution in [1.82, 2.24) is 5.32 Å². The van der Waals surface area contributed by atoms with E-state index in [1.165, 1.54) is 0 Å². The van der Waals surface area contributed by atoms with E-state index in [2.05, 4.69) is 26.0 Å². The van der Waals surface area contributed by atoms with E-state index >= 15 is 0 Å². The number of rotatable bonds is 5. The molecule has 1 atom stereocenters. The van der Waals surface area contributed by atoms with E-state index in [4.69, 9.17) is 0 Å². The van der Waals surface area contributed by atoms with Crippen molar-refractivity contribution in [1.29, 1.82) is 0 Å². The van der Waals surface area contributed by atoms with Crippen LogP contribution in [0.25, 0.3) is 0 Å². The molecule has 2 aromatic rings. The van der Waals surface area contributed by atoms with Crippen LogP contribution in [0, 0.1) is 0 Å². The lowest BCUT2D eigenvalue weighted by atomic mass is 10.0. The molecule has 11 heteroatoms. The van der Waals surface area contributed by atoms with Crippen LogP contribution in [0.1, 0.15) is 27.0 Å². The molecule has 0 saturated heterocycles. The van der Waals surface area contributed by atoms with Gasteiger partial charge in [-0.1, -0.05) is 28.1 Å². The molecule has 162 valence electrons. The number of carbonyl (C=O) groups is 2. The molecular formula is C19H14BrF6NO3. The fourth-order valence-electron chi connectivity index (χ4n) is 2.56. The zero-order chi connectivity index (χ0) is 22.7. The van der Waals surface area contributed by atoms with Gasteiger partial charge in [0.15, 0.2) is 0 Å². The summed E-state index contributed by atoms with van der Waals surface area (Å²) < 4.78 is 83.2. The lowest BCUT2D eigenvalue weighted by Crippen LogP contribution is -2.43. The minimum atomic E-state index is -5.10. The number of benzene rings is 2. The fraction of sp³-hybridized carbons (Fsp3) is 0.263. The molecule has 0 radical (unpaired) electrons. The molecule has 30 heavy (non-hydrogen) atoms. The second-order valence-electron chi connectivity index (χ2n) is 6.18. The van der Waals surface area contributed by atoms with Gasteiger partial charge in [0.1, 0.15) is 6.04 Å². The van der Waals surface area contributed by atoms with Crippen molar-refractivity contribution in [3.8, 4) is 0 Å². The highest BCUT2D eigenvalue weighted by Crippen LogP contribution is 2.36. The SMILES string of the molecule is COC(=O)[C@@H](Cc1cccc(Br)c1)NC(=O)c1cc(C(F)(F)F)cc(C(F)(F)F)c1. The number of methoxy groups -OCH3 is 1. The zero-order valence-corrected chi connectivity index (χ0v) is 16.8. The smallest absolute Gasteiger partial charge is 0.416 e. The fourth-order valence-corrected chi connectivity index (χ4v) is 3.01. The molecule has 4 nitrogen and oxygen atoms in total. The third-order valence-electron chi connectivity index (χ3n) is 3.97. The van der Waals surface area contributed by atoms with Crippen LogP contribution in [0.5, 0.6) is 0 Å². The Bertz CT molecular complexity index is 910. The molecule has 0 spiro atoms. The second kappa shape index (κ2) is 9.07. The van der Waals surface area contributed by atoms with Crippen molar-refractivity contribution < 1.29 is 40.7 Å². The number of nitrogens with one attached hydrogen (secondary N) is 1. The van der Waals surface area contributed by atoms with Crippen LogP contribution >= 0.6 is 15.9 Å². The Kier molecular flexibility index (Phi) is 7.17. The first-order valence-corrected chi connectivity index (χ1v) is 9.03. The van der Waals surface area contributed by atoms with E-state index < -0.39 is 47.0 Å². The molecule has 2 aromatic carbocycles. The summed E-state index contributed by atoms with van der Waals surface area (Å²) in [4.78, 5) is 24.4. The number of halogens is 7. The first kappa shape index (κ1) is 23.7. The molecule has 0 aliphatic carbocycles. The van der Waals surface area contributed by atoms with Crippen molar-refractivity contribution in [2.45, 2.75) is 24.8 Å². The number of alkyl halides is 6. The van der Waals surface area contributed by atoms with Crippen molar-refractivity contribution in [2.75, 3.05) is 7.11 Å². The molecule has 0 unspecified atom stereocenters. The van der Waals surface area contributed by atoms with Gasteiger partial charge in [-0.3, -0.25) is 4.79 Å². The Hall–Kier alpha value is -2.56. The van der Waals surface area contributed by atoms with Gasteiger partial charge in [0.05, 0.1) is 18.2 Å². The van der Waals surface area contributed by atoms with Crippen LogP contribution in [-0.4, -0.2) is 25.0 Å². The van der Waals surface area contributed by atoms with Gasteiger partial charge in [-0.25, -0.2) is 4.79 Å². The summed E-state index contributed by atoms with van der Waals surface area (Å²) in [7, 11) is 1.04. The van der Waals surface area contributed by atoms with Crippen LogP contribution in [0.4, 0.5) is 26.3 Å². The third-order valence-corrected chi connectivity index (χ3v) is 4.46. The van der Waals surface area contributed by atoms with Crippen molar-refractivity contribution in [3.05, 3.63) is 69.2 Å². The number of amides is 1. The van der Waals surface area contributed by atoms with E-state index in [0.29, 0.717) is 10.0 Å². The molecule has 0 saturated carbocycles. The highest BCUT2D eigenvalue weighted by atomic mass is 79.9. The average molecular weight is 498 g/mol. The maximum atomic E-state index is 13.0. The Balaban J connectivity index is 2.37. The van der Waals surface area contributed by atoms with E-state index in [1.807, 2.05) is 0 Å². The Labute approximate surface area is 175 Å². The number of esters is 1. The van der Waals surface area contributed by atoms with Gasteiger partial charge in [-0.15, -0.1) is 0 Å². The molecular weight excluding hydrogens is 484 g/mol.